The lowest BCUT2D eigenvalue weighted by Crippen LogP contribution is -2.28. The van der Waals surface area contributed by atoms with Gasteiger partial charge in [0.25, 0.3) is 0 Å². The van der Waals surface area contributed by atoms with Crippen LogP contribution in [0.3, 0.4) is 0 Å². The molecule has 0 fully saturated rings. The number of hydrogen-bond donors (Lipinski definition) is 1. The van der Waals surface area contributed by atoms with E-state index in [2.05, 4.69) is 42.3 Å². The van der Waals surface area contributed by atoms with Crippen molar-refractivity contribution in [3.8, 4) is 0 Å². The molecule has 0 aliphatic heterocycles. The van der Waals surface area contributed by atoms with Crippen LogP contribution in [0.2, 0.25) is 0 Å². The van der Waals surface area contributed by atoms with E-state index in [0.717, 1.165) is 12.2 Å². The van der Waals surface area contributed by atoms with Gasteiger partial charge in [0.2, 0.25) is 0 Å². The Labute approximate surface area is 129 Å². The third-order valence-electron chi connectivity index (χ3n) is 3.63. The van der Waals surface area contributed by atoms with Gasteiger partial charge in [-0.15, -0.1) is 11.3 Å². The molecule has 1 heterocycles. The summed E-state index contributed by atoms with van der Waals surface area (Å²) in [4.78, 5) is 14.4. The average Bonchev–Trinajstić information content (AvgIpc) is 2.90. The molecule has 0 radical (unpaired) electrons. The van der Waals surface area contributed by atoms with Gasteiger partial charge < -0.3 is 10.0 Å². The summed E-state index contributed by atoms with van der Waals surface area (Å²) in [7, 11) is 0. The van der Waals surface area contributed by atoms with Crippen molar-refractivity contribution >= 4 is 23.0 Å². The van der Waals surface area contributed by atoms with Crippen LogP contribution in [-0.2, 0) is 4.79 Å². The molecule has 0 amide bonds. The van der Waals surface area contributed by atoms with Gasteiger partial charge in [-0.1, -0.05) is 18.2 Å². The van der Waals surface area contributed by atoms with Gasteiger partial charge in [0.1, 0.15) is 0 Å². The molecule has 1 aromatic heterocycles. The van der Waals surface area contributed by atoms with Crippen molar-refractivity contribution < 1.29 is 9.90 Å². The van der Waals surface area contributed by atoms with Gasteiger partial charge in [-0.05, 0) is 49.4 Å². The van der Waals surface area contributed by atoms with E-state index >= 15 is 0 Å². The van der Waals surface area contributed by atoms with Crippen LogP contribution in [0.15, 0.2) is 41.8 Å². The highest BCUT2D eigenvalue weighted by molar-refractivity contribution is 7.10. The van der Waals surface area contributed by atoms with Crippen molar-refractivity contribution in [2.75, 3.05) is 11.4 Å². The van der Waals surface area contributed by atoms with Crippen LogP contribution in [0.5, 0.6) is 0 Å². The monoisotopic (exact) mass is 303 g/mol. The smallest absolute Gasteiger partial charge is 0.303 e. The number of para-hydroxylation sites is 1. The minimum absolute atomic E-state index is 0.208. The van der Waals surface area contributed by atoms with E-state index in [0.29, 0.717) is 6.42 Å². The van der Waals surface area contributed by atoms with Crippen molar-refractivity contribution in [2.24, 2.45) is 0 Å². The molecule has 1 aromatic carbocycles. The lowest BCUT2D eigenvalue weighted by Gasteiger charge is -2.31. The van der Waals surface area contributed by atoms with Crippen molar-refractivity contribution in [3.63, 3.8) is 0 Å². The molecular weight excluding hydrogens is 282 g/mol. The van der Waals surface area contributed by atoms with Crippen molar-refractivity contribution in [1.29, 1.82) is 0 Å². The first kappa shape index (κ1) is 15.6. The second-order valence-electron chi connectivity index (χ2n) is 5.17. The Morgan fingerprint density at radius 3 is 2.57 bits per heavy atom. The fourth-order valence-corrected chi connectivity index (χ4v) is 3.52. The third-order valence-corrected chi connectivity index (χ3v) is 4.82. The number of thiophene rings is 1. The summed E-state index contributed by atoms with van der Waals surface area (Å²) in [5.74, 6) is -0.733. The summed E-state index contributed by atoms with van der Waals surface area (Å²) in [5, 5.41) is 11.0. The zero-order chi connectivity index (χ0) is 15.2. The Morgan fingerprint density at radius 1 is 1.29 bits per heavy atom. The number of aryl methyl sites for hydroxylation is 1. The molecule has 0 saturated carbocycles. The van der Waals surface area contributed by atoms with E-state index in [1.54, 1.807) is 11.3 Å². The number of aliphatic carboxylic acids is 1. The fourth-order valence-electron chi connectivity index (χ4n) is 2.52. The standard InChI is InChI=1S/C17H21NO2S/c1-13-10-12-21-17(13)14(2)18(11-6-9-16(19)20)15-7-4-3-5-8-15/h3-5,7-8,10,12,14H,6,9,11H2,1-2H3,(H,19,20). The summed E-state index contributed by atoms with van der Waals surface area (Å²) >= 11 is 1.76. The third kappa shape index (κ3) is 4.08. The largest absolute Gasteiger partial charge is 0.481 e. The highest BCUT2D eigenvalue weighted by Crippen LogP contribution is 2.32. The van der Waals surface area contributed by atoms with Gasteiger partial charge in [0, 0.05) is 23.5 Å². The molecule has 0 spiro atoms. The van der Waals surface area contributed by atoms with E-state index in [4.69, 9.17) is 5.11 Å². The molecule has 0 bridgehead atoms. The lowest BCUT2D eigenvalue weighted by molar-refractivity contribution is -0.137. The SMILES string of the molecule is Cc1ccsc1C(C)N(CCCC(=O)O)c1ccccc1. The van der Waals surface area contributed by atoms with Crippen molar-refractivity contribution in [1.82, 2.24) is 0 Å². The van der Waals surface area contributed by atoms with Crippen LogP contribution in [0.1, 0.15) is 36.2 Å². The first-order valence-electron chi connectivity index (χ1n) is 7.17. The van der Waals surface area contributed by atoms with Gasteiger partial charge in [-0.25, -0.2) is 0 Å². The maximum Gasteiger partial charge on any atom is 0.303 e. The zero-order valence-corrected chi connectivity index (χ0v) is 13.3. The van der Waals surface area contributed by atoms with Crippen LogP contribution >= 0.6 is 11.3 Å². The molecule has 1 N–H and O–H groups in total. The predicted molar refractivity (Wildman–Crippen MR) is 88.1 cm³/mol. The minimum Gasteiger partial charge on any atom is -0.481 e. The highest BCUT2D eigenvalue weighted by Gasteiger charge is 2.19. The number of carboxylic acid groups (broad SMARTS) is 1. The van der Waals surface area contributed by atoms with Gasteiger partial charge >= 0.3 is 5.97 Å². The first-order valence-corrected chi connectivity index (χ1v) is 8.05. The molecular formula is C17H21NO2S. The number of rotatable bonds is 7. The molecule has 0 aliphatic rings. The first-order chi connectivity index (χ1) is 10.1. The lowest BCUT2D eigenvalue weighted by atomic mass is 10.1. The second-order valence-corrected chi connectivity index (χ2v) is 6.12. The van der Waals surface area contributed by atoms with Crippen LogP contribution in [0.4, 0.5) is 5.69 Å². The Balaban J connectivity index is 2.19. The fraction of sp³-hybridized carbons (Fsp3) is 0.353. The molecule has 21 heavy (non-hydrogen) atoms. The second kappa shape index (κ2) is 7.27. The van der Waals surface area contributed by atoms with Crippen LogP contribution in [-0.4, -0.2) is 17.6 Å². The van der Waals surface area contributed by atoms with E-state index in [1.807, 2.05) is 18.2 Å². The summed E-state index contributed by atoms with van der Waals surface area (Å²) in [6, 6.07) is 12.6. The summed E-state index contributed by atoms with van der Waals surface area (Å²) in [6.07, 6.45) is 0.860. The molecule has 1 unspecified atom stereocenters. The van der Waals surface area contributed by atoms with Crippen LogP contribution in [0.25, 0.3) is 0 Å². The number of benzene rings is 1. The Morgan fingerprint density at radius 2 is 2.00 bits per heavy atom. The molecule has 3 nitrogen and oxygen atoms in total. The Hall–Kier alpha value is -1.81. The summed E-state index contributed by atoms with van der Waals surface area (Å²) in [6.45, 7) is 5.06. The number of hydrogen-bond acceptors (Lipinski definition) is 3. The number of carbonyl (C=O) groups is 1. The van der Waals surface area contributed by atoms with Gasteiger partial charge in [-0.3, -0.25) is 4.79 Å². The van der Waals surface area contributed by atoms with Crippen molar-refractivity contribution in [3.05, 3.63) is 52.2 Å². The van der Waals surface area contributed by atoms with Crippen LogP contribution in [0, 0.1) is 6.92 Å². The van der Waals surface area contributed by atoms with E-state index in [1.165, 1.54) is 10.4 Å². The van der Waals surface area contributed by atoms with Gasteiger partial charge in [0.05, 0.1) is 6.04 Å². The quantitative estimate of drug-likeness (QED) is 0.819. The molecule has 2 rings (SSSR count). The number of nitrogens with zero attached hydrogens (tertiary/aromatic N) is 1. The maximum absolute atomic E-state index is 10.8. The molecule has 112 valence electrons. The molecule has 2 aromatic rings. The number of carboxylic acids is 1. The summed E-state index contributed by atoms with van der Waals surface area (Å²) in [5.41, 5.74) is 2.44. The molecule has 1 atom stereocenters. The van der Waals surface area contributed by atoms with Crippen molar-refractivity contribution in [2.45, 2.75) is 32.7 Å². The molecule has 0 saturated heterocycles. The molecule has 0 aliphatic carbocycles. The normalized spacial score (nSPS) is 12.1. The zero-order valence-electron chi connectivity index (χ0n) is 12.5. The van der Waals surface area contributed by atoms with E-state index < -0.39 is 5.97 Å². The Bertz CT molecular complexity index is 579. The number of anilines is 1. The molecule has 4 heteroatoms. The topological polar surface area (TPSA) is 40.5 Å². The maximum atomic E-state index is 10.8. The summed E-state index contributed by atoms with van der Waals surface area (Å²) < 4.78 is 0. The highest BCUT2D eigenvalue weighted by atomic mass is 32.1. The Kier molecular flexibility index (Phi) is 5.39. The van der Waals surface area contributed by atoms with Gasteiger partial charge in [0.15, 0.2) is 0 Å². The van der Waals surface area contributed by atoms with Crippen LogP contribution < -0.4 is 4.90 Å². The van der Waals surface area contributed by atoms with E-state index in [-0.39, 0.29) is 12.5 Å². The van der Waals surface area contributed by atoms with Gasteiger partial charge in [-0.2, -0.15) is 0 Å². The average molecular weight is 303 g/mol. The minimum atomic E-state index is -0.733. The van der Waals surface area contributed by atoms with E-state index in [9.17, 15) is 4.79 Å². The predicted octanol–water partition coefficient (Wildman–Crippen LogP) is 4.49.